The van der Waals surface area contributed by atoms with Crippen LogP contribution >= 0.6 is 23.2 Å². The molecule has 0 saturated heterocycles. The molecule has 3 aromatic carbocycles. The van der Waals surface area contributed by atoms with Crippen LogP contribution in [0.1, 0.15) is 31.4 Å². The van der Waals surface area contributed by atoms with Gasteiger partial charge in [0.2, 0.25) is 21.8 Å². The largest absolute Gasteiger partial charge is 0.352 e. The summed E-state index contributed by atoms with van der Waals surface area (Å²) in [5, 5.41) is 3.34. The van der Waals surface area contributed by atoms with Crippen LogP contribution in [-0.2, 0) is 32.6 Å². The number of carbonyl (C=O) groups is 2. The van der Waals surface area contributed by atoms with Crippen molar-refractivity contribution in [3.8, 4) is 0 Å². The molecular formula is C29H32Cl2FN3O4S. The van der Waals surface area contributed by atoms with Crippen molar-refractivity contribution in [2.45, 2.75) is 45.3 Å². The molecule has 0 aromatic heterocycles. The molecule has 0 aliphatic heterocycles. The molecule has 40 heavy (non-hydrogen) atoms. The molecule has 1 N–H and O–H groups in total. The van der Waals surface area contributed by atoms with E-state index in [1.807, 2.05) is 44.2 Å². The molecule has 2 atom stereocenters. The first-order valence-corrected chi connectivity index (χ1v) is 15.3. The maximum atomic E-state index is 14.0. The molecule has 11 heteroatoms. The van der Waals surface area contributed by atoms with Crippen LogP contribution < -0.4 is 9.62 Å². The highest BCUT2D eigenvalue weighted by atomic mass is 35.5. The van der Waals surface area contributed by atoms with Crippen molar-refractivity contribution in [3.05, 3.63) is 99.8 Å². The normalized spacial score (nSPS) is 12.8. The van der Waals surface area contributed by atoms with E-state index in [1.165, 1.54) is 47.4 Å². The molecule has 2 amide bonds. The monoisotopic (exact) mass is 607 g/mol. The molecular weight excluding hydrogens is 576 g/mol. The van der Waals surface area contributed by atoms with Crippen molar-refractivity contribution in [1.29, 1.82) is 0 Å². The lowest BCUT2D eigenvalue weighted by Crippen LogP contribution is -2.54. The zero-order chi connectivity index (χ0) is 29.4. The van der Waals surface area contributed by atoms with E-state index >= 15 is 0 Å². The molecule has 0 bridgehead atoms. The van der Waals surface area contributed by atoms with E-state index in [0.717, 1.165) is 16.1 Å². The van der Waals surface area contributed by atoms with Gasteiger partial charge in [0, 0.05) is 29.1 Å². The van der Waals surface area contributed by atoms with Crippen LogP contribution in [0.5, 0.6) is 0 Å². The number of carbonyl (C=O) groups excluding carboxylic acids is 2. The maximum absolute atomic E-state index is 14.0. The minimum absolute atomic E-state index is 0.0571. The zero-order valence-electron chi connectivity index (χ0n) is 22.5. The van der Waals surface area contributed by atoms with Gasteiger partial charge in [-0.3, -0.25) is 13.9 Å². The van der Waals surface area contributed by atoms with E-state index in [0.29, 0.717) is 12.0 Å². The van der Waals surface area contributed by atoms with Gasteiger partial charge in [-0.15, -0.1) is 0 Å². The van der Waals surface area contributed by atoms with Gasteiger partial charge in [0.15, 0.2) is 0 Å². The van der Waals surface area contributed by atoms with Gasteiger partial charge in [0.1, 0.15) is 18.4 Å². The first-order valence-electron chi connectivity index (χ1n) is 12.7. The number of benzene rings is 3. The van der Waals surface area contributed by atoms with Gasteiger partial charge in [0.25, 0.3) is 0 Å². The maximum Gasteiger partial charge on any atom is 0.244 e. The van der Waals surface area contributed by atoms with Gasteiger partial charge >= 0.3 is 0 Å². The number of hydrogen-bond acceptors (Lipinski definition) is 4. The van der Waals surface area contributed by atoms with Crippen LogP contribution in [0.15, 0.2) is 72.8 Å². The molecule has 214 valence electrons. The SMILES string of the molecule is CC[C@H](C)NC(=O)[C@H](Cc1ccccc1)N(Cc1ccc(F)cc1)C(=O)CN(c1cc(Cl)cc(Cl)c1)S(C)(=O)=O. The molecule has 0 unspecified atom stereocenters. The second-order valence-corrected chi connectivity index (χ2v) is 12.3. The Balaban J connectivity index is 2.07. The molecule has 0 aliphatic rings. The molecule has 0 radical (unpaired) electrons. The predicted molar refractivity (Wildman–Crippen MR) is 157 cm³/mol. The van der Waals surface area contributed by atoms with Gasteiger partial charge in [0.05, 0.1) is 11.9 Å². The number of amides is 2. The van der Waals surface area contributed by atoms with Crippen molar-refractivity contribution >= 4 is 50.7 Å². The van der Waals surface area contributed by atoms with E-state index in [2.05, 4.69) is 5.32 Å². The van der Waals surface area contributed by atoms with Crippen LogP contribution in [0.3, 0.4) is 0 Å². The highest BCUT2D eigenvalue weighted by Gasteiger charge is 2.33. The number of nitrogens with zero attached hydrogens (tertiary/aromatic N) is 2. The van der Waals surface area contributed by atoms with Crippen LogP contribution in [-0.4, -0.2) is 50.0 Å². The fraction of sp³-hybridized carbons (Fsp3) is 0.310. The summed E-state index contributed by atoms with van der Waals surface area (Å²) < 4.78 is 40.2. The smallest absolute Gasteiger partial charge is 0.244 e. The van der Waals surface area contributed by atoms with Crippen LogP contribution in [0.25, 0.3) is 0 Å². The fourth-order valence-corrected chi connectivity index (χ4v) is 5.43. The molecule has 7 nitrogen and oxygen atoms in total. The highest BCUT2D eigenvalue weighted by molar-refractivity contribution is 7.92. The third kappa shape index (κ3) is 8.94. The molecule has 0 spiro atoms. The van der Waals surface area contributed by atoms with Crippen molar-refractivity contribution in [2.75, 3.05) is 17.1 Å². The minimum atomic E-state index is -3.97. The molecule has 0 fully saturated rings. The summed E-state index contributed by atoms with van der Waals surface area (Å²) in [4.78, 5) is 29.0. The number of sulfonamides is 1. The first kappa shape index (κ1) is 31.4. The Morgan fingerprint density at radius 2 is 1.55 bits per heavy atom. The topological polar surface area (TPSA) is 86.8 Å². The summed E-state index contributed by atoms with van der Waals surface area (Å²) in [6.45, 7) is 3.12. The Morgan fingerprint density at radius 3 is 2.10 bits per heavy atom. The Kier molecular flexibility index (Phi) is 11.0. The van der Waals surface area contributed by atoms with Gasteiger partial charge in [-0.25, -0.2) is 12.8 Å². The van der Waals surface area contributed by atoms with Crippen LogP contribution in [0.4, 0.5) is 10.1 Å². The van der Waals surface area contributed by atoms with Crippen molar-refractivity contribution in [2.24, 2.45) is 0 Å². The second-order valence-electron chi connectivity index (χ2n) is 9.57. The van der Waals surface area contributed by atoms with E-state index in [9.17, 15) is 22.4 Å². The standard InChI is InChI=1S/C29H32Cl2FN3O4S/c1-4-20(2)33-29(37)27(14-21-8-6-5-7-9-21)34(18-22-10-12-25(32)13-11-22)28(36)19-35(40(3,38)39)26-16-23(30)15-24(31)17-26/h5-13,15-17,20,27H,4,14,18-19H2,1-3H3,(H,33,37)/t20-,27-/m0/s1. The summed E-state index contributed by atoms with van der Waals surface area (Å²) in [6, 6.07) is 17.9. The van der Waals surface area contributed by atoms with Crippen molar-refractivity contribution in [3.63, 3.8) is 0 Å². The summed E-state index contributed by atoms with van der Waals surface area (Å²) >= 11 is 12.2. The lowest BCUT2D eigenvalue weighted by atomic mass is 10.0. The first-order chi connectivity index (χ1) is 18.9. The lowest BCUT2D eigenvalue weighted by molar-refractivity contribution is -0.140. The van der Waals surface area contributed by atoms with Gasteiger partial charge < -0.3 is 10.2 Å². The molecule has 0 heterocycles. The lowest BCUT2D eigenvalue weighted by Gasteiger charge is -2.34. The third-order valence-corrected chi connectivity index (χ3v) is 7.93. The summed E-state index contributed by atoms with van der Waals surface area (Å²) in [5.74, 6) is -1.46. The van der Waals surface area contributed by atoms with Gasteiger partial charge in [-0.1, -0.05) is 72.6 Å². The number of halogens is 3. The summed E-state index contributed by atoms with van der Waals surface area (Å²) in [5.41, 5.74) is 1.49. The summed E-state index contributed by atoms with van der Waals surface area (Å²) in [7, 11) is -3.97. The van der Waals surface area contributed by atoms with Gasteiger partial charge in [-0.2, -0.15) is 0 Å². The highest BCUT2D eigenvalue weighted by Crippen LogP contribution is 2.27. The number of rotatable bonds is 12. The van der Waals surface area contributed by atoms with E-state index < -0.39 is 34.3 Å². The summed E-state index contributed by atoms with van der Waals surface area (Å²) in [6.07, 6.45) is 1.82. The van der Waals surface area contributed by atoms with Gasteiger partial charge in [-0.05, 0) is 54.8 Å². The molecule has 0 saturated carbocycles. The van der Waals surface area contributed by atoms with E-state index in [1.54, 1.807) is 0 Å². The number of hydrogen-bond donors (Lipinski definition) is 1. The molecule has 3 rings (SSSR count). The van der Waals surface area contributed by atoms with Crippen LogP contribution in [0, 0.1) is 5.82 Å². The second kappa shape index (κ2) is 14.0. The van der Waals surface area contributed by atoms with Crippen LogP contribution in [0.2, 0.25) is 10.0 Å². The predicted octanol–water partition coefficient (Wildman–Crippen LogP) is 5.45. The van der Waals surface area contributed by atoms with E-state index in [4.69, 9.17) is 23.2 Å². The Labute approximate surface area is 244 Å². The average molecular weight is 609 g/mol. The average Bonchev–Trinajstić information content (AvgIpc) is 2.89. The van der Waals surface area contributed by atoms with Crippen molar-refractivity contribution in [1.82, 2.24) is 10.2 Å². The minimum Gasteiger partial charge on any atom is -0.352 e. The Hall–Kier alpha value is -3.14. The quantitative estimate of drug-likeness (QED) is 0.296. The fourth-order valence-electron chi connectivity index (χ4n) is 4.08. The third-order valence-electron chi connectivity index (χ3n) is 6.35. The number of anilines is 1. The number of nitrogens with one attached hydrogen (secondary N) is 1. The van der Waals surface area contributed by atoms with E-state index in [-0.39, 0.29) is 40.6 Å². The zero-order valence-corrected chi connectivity index (χ0v) is 24.8. The Bertz CT molecular complexity index is 1400. The molecule has 0 aliphatic carbocycles. The molecule has 3 aromatic rings. The Morgan fingerprint density at radius 1 is 0.950 bits per heavy atom. The van der Waals surface area contributed by atoms with Crippen molar-refractivity contribution < 1.29 is 22.4 Å².